The lowest BCUT2D eigenvalue weighted by atomic mass is 9.59. The van der Waals surface area contributed by atoms with Gasteiger partial charge in [0.1, 0.15) is 0 Å². The standard InChI is InChI=1S/C18H31NO4S/c1-6-9-14-15(16(20)23-7-2)12(4)19-13(5)18(14,17(21)22)10-11-24-8-3/h13-15H,6-11H2,1-5H3,(H,21,22). The van der Waals surface area contributed by atoms with Crippen LogP contribution in [0.25, 0.3) is 0 Å². The molecule has 0 fully saturated rings. The Bertz CT molecular complexity index is 480. The molecule has 1 aliphatic heterocycles. The van der Waals surface area contributed by atoms with Crippen LogP contribution < -0.4 is 0 Å². The van der Waals surface area contributed by atoms with Crippen molar-refractivity contribution in [3.05, 3.63) is 0 Å². The molecule has 0 bridgehead atoms. The van der Waals surface area contributed by atoms with Crippen LogP contribution in [0.5, 0.6) is 0 Å². The average Bonchev–Trinajstić information content (AvgIpc) is 2.50. The Morgan fingerprint density at radius 1 is 1.33 bits per heavy atom. The molecule has 0 saturated heterocycles. The van der Waals surface area contributed by atoms with Crippen LogP contribution in [-0.2, 0) is 14.3 Å². The molecule has 4 unspecified atom stereocenters. The van der Waals surface area contributed by atoms with Gasteiger partial charge in [-0.1, -0.05) is 20.3 Å². The molecule has 0 aromatic rings. The van der Waals surface area contributed by atoms with Gasteiger partial charge >= 0.3 is 11.9 Å². The molecule has 0 aliphatic carbocycles. The third-order valence-corrected chi connectivity index (χ3v) is 5.96. The van der Waals surface area contributed by atoms with Crippen LogP contribution in [-0.4, -0.2) is 46.9 Å². The Morgan fingerprint density at radius 2 is 2.00 bits per heavy atom. The van der Waals surface area contributed by atoms with Gasteiger partial charge in [0.05, 0.1) is 24.0 Å². The summed E-state index contributed by atoms with van der Waals surface area (Å²) >= 11 is 1.73. The normalized spacial score (nSPS) is 29.9. The van der Waals surface area contributed by atoms with Gasteiger partial charge in [0.15, 0.2) is 0 Å². The van der Waals surface area contributed by atoms with Crippen molar-refractivity contribution in [2.24, 2.45) is 22.2 Å². The van der Waals surface area contributed by atoms with Gasteiger partial charge in [-0.2, -0.15) is 11.8 Å². The first-order chi connectivity index (χ1) is 11.4. The highest BCUT2D eigenvalue weighted by atomic mass is 32.2. The highest BCUT2D eigenvalue weighted by Gasteiger charge is 2.57. The summed E-state index contributed by atoms with van der Waals surface area (Å²) < 4.78 is 5.24. The third kappa shape index (κ3) is 4.13. The van der Waals surface area contributed by atoms with Gasteiger partial charge in [-0.15, -0.1) is 0 Å². The number of aliphatic carboxylic acids is 1. The van der Waals surface area contributed by atoms with Crippen molar-refractivity contribution >= 4 is 29.4 Å². The van der Waals surface area contributed by atoms with E-state index in [9.17, 15) is 14.7 Å². The quantitative estimate of drug-likeness (QED) is 0.503. The van der Waals surface area contributed by atoms with E-state index in [1.165, 1.54) is 0 Å². The number of hydrogen-bond donors (Lipinski definition) is 1. The van der Waals surface area contributed by atoms with Crippen LogP contribution in [0, 0.1) is 17.3 Å². The second-order valence-electron chi connectivity index (χ2n) is 6.36. The molecule has 1 aliphatic rings. The molecule has 0 radical (unpaired) electrons. The summed E-state index contributed by atoms with van der Waals surface area (Å²) in [7, 11) is 0. The predicted molar refractivity (Wildman–Crippen MR) is 98.8 cm³/mol. The summed E-state index contributed by atoms with van der Waals surface area (Å²) in [5.41, 5.74) is -0.297. The molecule has 138 valence electrons. The van der Waals surface area contributed by atoms with Gasteiger partial charge in [0, 0.05) is 5.71 Å². The Kier molecular flexibility index (Phi) is 8.27. The minimum atomic E-state index is -1.00. The molecule has 24 heavy (non-hydrogen) atoms. The Morgan fingerprint density at radius 3 is 2.50 bits per heavy atom. The zero-order valence-corrected chi connectivity index (χ0v) is 16.3. The van der Waals surface area contributed by atoms with E-state index in [1.54, 1.807) is 18.7 Å². The van der Waals surface area contributed by atoms with Crippen LogP contribution in [0.15, 0.2) is 4.99 Å². The molecule has 1 rings (SSSR count). The first-order valence-electron chi connectivity index (χ1n) is 8.88. The number of aliphatic imine (C=N–C) groups is 1. The van der Waals surface area contributed by atoms with Crippen molar-refractivity contribution in [1.29, 1.82) is 0 Å². The maximum absolute atomic E-state index is 12.5. The molecular formula is C18H31NO4S. The van der Waals surface area contributed by atoms with Crippen LogP contribution in [0.3, 0.4) is 0 Å². The van der Waals surface area contributed by atoms with E-state index in [0.29, 0.717) is 25.2 Å². The minimum absolute atomic E-state index is 0.274. The minimum Gasteiger partial charge on any atom is -0.481 e. The zero-order chi connectivity index (χ0) is 18.3. The van der Waals surface area contributed by atoms with Crippen molar-refractivity contribution in [1.82, 2.24) is 0 Å². The van der Waals surface area contributed by atoms with Gasteiger partial charge < -0.3 is 9.84 Å². The lowest BCUT2D eigenvalue weighted by molar-refractivity contribution is -0.161. The summed E-state index contributed by atoms with van der Waals surface area (Å²) in [5, 5.41) is 10.1. The molecule has 0 amide bonds. The van der Waals surface area contributed by atoms with Gasteiger partial charge in [-0.3, -0.25) is 14.6 Å². The number of hydrogen-bond acceptors (Lipinski definition) is 5. The van der Waals surface area contributed by atoms with E-state index in [2.05, 4.69) is 11.9 Å². The van der Waals surface area contributed by atoms with Crippen LogP contribution in [0.1, 0.15) is 53.9 Å². The number of carbonyl (C=O) groups is 2. The van der Waals surface area contributed by atoms with Crippen LogP contribution >= 0.6 is 11.8 Å². The van der Waals surface area contributed by atoms with Gasteiger partial charge in [-0.25, -0.2) is 0 Å². The molecule has 1 N–H and O–H groups in total. The first-order valence-corrected chi connectivity index (χ1v) is 10.0. The second kappa shape index (κ2) is 9.44. The van der Waals surface area contributed by atoms with Crippen molar-refractivity contribution in [3.63, 3.8) is 0 Å². The molecule has 5 nitrogen and oxygen atoms in total. The molecule has 6 heteroatoms. The van der Waals surface area contributed by atoms with Crippen LogP contribution in [0.4, 0.5) is 0 Å². The smallest absolute Gasteiger partial charge is 0.314 e. The summed E-state index contributed by atoms with van der Waals surface area (Å²) in [6.07, 6.45) is 2.04. The van der Waals surface area contributed by atoms with E-state index in [4.69, 9.17) is 4.74 Å². The zero-order valence-electron chi connectivity index (χ0n) is 15.5. The molecule has 0 saturated carbocycles. The maximum atomic E-state index is 12.5. The summed E-state index contributed by atoms with van der Waals surface area (Å²) in [5.74, 6) is -0.287. The molecule has 0 aromatic carbocycles. The Hall–Kier alpha value is -1.04. The number of thioether (sulfide) groups is 1. The maximum Gasteiger partial charge on any atom is 0.314 e. The van der Waals surface area contributed by atoms with Gasteiger partial charge in [0.2, 0.25) is 0 Å². The molecule has 0 aromatic heterocycles. The van der Waals surface area contributed by atoms with E-state index < -0.39 is 17.3 Å². The van der Waals surface area contributed by atoms with Crippen molar-refractivity contribution < 1.29 is 19.4 Å². The fourth-order valence-corrected chi connectivity index (χ4v) is 4.70. The highest BCUT2D eigenvalue weighted by molar-refractivity contribution is 7.99. The van der Waals surface area contributed by atoms with Crippen molar-refractivity contribution in [3.8, 4) is 0 Å². The van der Waals surface area contributed by atoms with E-state index in [0.717, 1.165) is 17.9 Å². The highest BCUT2D eigenvalue weighted by Crippen LogP contribution is 2.48. The van der Waals surface area contributed by atoms with Crippen molar-refractivity contribution in [2.75, 3.05) is 18.1 Å². The van der Waals surface area contributed by atoms with Gasteiger partial charge in [-0.05, 0) is 51.0 Å². The predicted octanol–water partition coefficient (Wildman–Crippen LogP) is 3.66. The summed E-state index contributed by atoms with van der Waals surface area (Å²) in [6, 6.07) is -0.338. The van der Waals surface area contributed by atoms with E-state index in [1.807, 2.05) is 20.8 Å². The van der Waals surface area contributed by atoms with Gasteiger partial charge in [0.25, 0.3) is 0 Å². The van der Waals surface area contributed by atoms with E-state index >= 15 is 0 Å². The number of carboxylic acid groups (broad SMARTS) is 1. The molecule has 1 heterocycles. The third-order valence-electron chi connectivity index (χ3n) is 5.06. The Balaban J connectivity index is 3.35. The van der Waals surface area contributed by atoms with E-state index in [-0.39, 0.29) is 17.9 Å². The number of rotatable bonds is 9. The fourth-order valence-electron chi connectivity index (χ4n) is 3.93. The number of carbonyl (C=O) groups excluding carboxylic acids is 1. The summed E-state index contributed by atoms with van der Waals surface area (Å²) in [4.78, 5) is 29.5. The summed E-state index contributed by atoms with van der Waals surface area (Å²) in [6.45, 7) is 9.86. The lowest BCUT2D eigenvalue weighted by Gasteiger charge is -2.46. The van der Waals surface area contributed by atoms with Crippen LogP contribution in [0.2, 0.25) is 0 Å². The fraction of sp³-hybridized carbons (Fsp3) is 0.833. The monoisotopic (exact) mass is 357 g/mol. The number of ether oxygens (including phenoxy) is 1. The number of nitrogens with zero attached hydrogens (tertiary/aromatic N) is 1. The number of esters is 1. The second-order valence-corrected chi connectivity index (χ2v) is 7.76. The Labute approximate surface area is 149 Å². The average molecular weight is 358 g/mol. The SMILES string of the molecule is CCCC1C(C(=O)OCC)C(C)=NC(C)C1(CCSCC)C(=O)O. The van der Waals surface area contributed by atoms with Crippen molar-refractivity contribution in [2.45, 2.75) is 59.9 Å². The lowest BCUT2D eigenvalue weighted by Crippen LogP contribution is -2.55. The molecule has 0 spiro atoms. The molecular weight excluding hydrogens is 326 g/mol. The number of carboxylic acids is 1. The first kappa shape index (κ1) is 21.0. The largest absolute Gasteiger partial charge is 0.481 e. The molecule has 4 atom stereocenters. The topological polar surface area (TPSA) is 76.0 Å².